The number of ketones is 2. The Balaban J connectivity index is 1.74. The van der Waals surface area contributed by atoms with E-state index in [1.54, 1.807) is 48.5 Å². The summed E-state index contributed by atoms with van der Waals surface area (Å²) in [6.45, 7) is 2.05. The summed E-state index contributed by atoms with van der Waals surface area (Å²) >= 11 is 0. The van der Waals surface area contributed by atoms with Crippen molar-refractivity contribution in [2.45, 2.75) is 0 Å². The van der Waals surface area contributed by atoms with E-state index in [1.165, 1.54) is 7.11 Å². The number of carbonyl (C=O) groups excluding carboxylic acids is 3. The third kappa shape index (κ3) is 3.52. The molecule has 1 heterocycles. The monoisotopic (exact) mass is 392 g/mol. The third-order valence-corrected chi connectivity index (χ3v) is 5.00. The first-order chi connectivity index (χ1) is 14.1. The molecule has 1 N–H and O–H groups in total. The van der Waals surface area contributed by atoms with Crippen molar-refractivity contribution in [3.05, 3.63) is 76.6 Å². The van der Waals surface area contributed by atoms with Crippen LogP contribution in [0.1, 0.15) is 31.1 Å². The highest BCUT2D eigenvalue weighted by Crippen LogP contribution is 2.30. The van der Waals surface area contributed by atoms with Gasteiger partial charge in [-0.1, -0.05) is 24.3 Å². The Labute approximate surface area is 167 Å². The Hall–Kier alpha value is -3.45. The van der Waals surface area contributed by atoms with Crippen molar-refractivity contribution in [3.8, 4) is 0 Å². The predicted octanol–water partition coefficient (Wildman–Crippen LogP) is 2.51. The molecule has 1 aliphatic heterocycles. The fourth-order valence-corrected chi connectivity index (χ4v) is 3.52. The van der Waals surface area contributed by atoms with Gasteiger partial charge in [-0.25, -0.2) is 4.79 Å². The molecule has 29 heavy (non-hydrogen) atoms. The van der Waals surface area contributed by atoms with Crippen LogP contribution in [0.5, 0.6) is 0 Å². The summed E-state index contributed by atoms with van der Waals surface area (Å²) in [6, 6.07) is 13.4. The number of nitrogens with zero attached hydrogens (tertiary/aromatic N) is 1. The van der Waals surface area contributed by atoms with Gasteiger partial charge in [-0.2, -0.15) is 0 Å². The molecule has 0 unspecified atom stereocenters. The maximum Gasteiger partial charge on any atom is 0.337 e. The molecule has 0 saturated carbocycles. The highest BCUT2D eigenvalue weighted by Gasteiger charge is 2.35. The van der Waals surface area contributed by atoms with E-state index in [9.17, 15) is 14.4 Å². The van der Waals surface area contributed by atoms with Gasteiger partial charge in [0, 0.05) is 29.9 Å². The molecule has 1 aliphatic carbocycles. The molecule has 0 amide bonds. The lowest BCUT2D eigenvalue weighted by atomic mass is 9.89. The van der Waals surface area contributed by atoms with Gasteiger partial charge in [0.1, 0.15) is 11.4 Å². The molecule has 2 aromatic rings. The van der Waals surface area contributed by atoms with Crippen LogP contribution in [-0.2, 0) is 9.47 Å². The lowest BCUT2D eigenvalue weighted by molar-refractivity contribution is 0.0496. The van der Waals surface area contributed by atoms with Gasteiger partial charge in [-0.3, -0.25) is 9.59 Å². The molecular formula is C22H20N2O5. The van der Waals surface area contributed by atoms with Crippen molar-refractivity contribution < 1.29 is 23.9 Å². The quantitative estimate of drug-likeness (QED) is 0.800. The van der Waals surface area contributed by atoms with Crippen molar-refractivity contribution in [1.82, 2.24) is 4.90 Å². The molecular weight excluding hydrogens is 372 g/mol. The second-order valence-electron chi connectivity index (χ2n) is 6.72. The van der Waals surface area contributed by atoms with Crippen molar-refractivity contribution in [2.75, 3.05) is 38.7 Å². The third-order valence-electron chi connectivity index (χ3n) is 5.00. The molecule has 1 saturated heterocycles. The second-order valence-corrected chi connectivity index (χ2v) is 6.72. The van der Waals surface area contributed by atoms with Crippen LogP contribution in [0.15, 0.2) is 59.9 Å². The van der Waals surface area contributed by atoms with Crippen LogP contribution in [0.3, 0.4) is 0 Å². The number of fused-ring (bicyclic) bond motifs is 1. The molecule has 148 valence electrons. The van der Waals surface area contributed by atoms with Crippen LogP contribution in [0.4, 0.5) is 5.69 Å². The molecule has 4 rings (SSSR count). The zero-order valence-electron chi connectivity index (χ0n) is 15.9. The van der Waals surface area contributed by atoms with Crippen LogP contribution in [0.25, 0.3) is 0 Å². The Morgan fingerprint density at radius 1 is 0.966 bits per heavy atom. The minimum Gasteiger partial charge on any atom is -0.465 e. The van der Waals surface area contributed by atoms with Gasteiger partial charge in [0.2, 0.25) is 11.6 Å². The molecule has 2 aliphatic rings. The van der Waals surface area contributed by atoms with E-state index in [2.05, 4.69) is 5.32 Å². The number of ether oxygens (including phenoxy) is 2. The fourth-order valence-electron chi connectivity index (χ4n) is 3.52. The van der Waals surface area contributed by atoms with Gasteiger partial charge in [0.25, 0.3) is 0 Å². The first-order valence-electron chi connectivity index (χ1n) is 9.31. The average Bonchev–Trinajstić information content (AvgIpc) is 2.78. The molecule has 7 heteroatoms. The SMILES string of the molecule is COC(=O)c1ccc(NC2=C(N3CCOCC3)C(=O)c3ccccc3C2=O)cc1. The van der Waals surface area contributed by atoms with Crippen LogP contribution < -0.4 is 5.32 Å². The van der Waals surface area contributed by atoms with Crippen LogP contribution in [-0.4, -0.2) is 55.8 Å². The van der Waals surface area contributed by atoms with Crippen LogP contribution in [0.2, 0.25) is 0 Å². The van der Waals surface area contributed by atoms with Gasteiger partial charge in [-0.05, 0) is 24.3 Å². The fraction of sp³-hybridized carbons (Fsp3) is 0.227. The van der Waals surface area contributed by atoms with E-state index in [0.717, 1.165) is 0 Å². The lowest BCUT2D eigenvalue weighted by Gasteiger charge is -2.34. The first kappa shape index (κ1) is 18.9. The molecule has 0 spiro atoms. The topological polar surface area (TPSA) is 84.9 Å². The highest BCUT2D eigenvalue weighted by atomic mass is 16.5. The number of morpholine rings is 1. The molecule has 7 nitrogen and oxygen atoms in total. The summed E-state index contributed by atoms with van der Waals surface area (Å²) in [5.74, 6) is -0.864. The van der Waals surface area contributed by atoms with E-state index in [4.69, 9.17) is 9.47 Å². The number of carbonyl (C=O) groups is 3. The average molecular weight is 392 g/mol. The van der Waals surface area contributed by atoms with Crippen molar-refractivity contribution >= 4 is 23.2 Å². The summed E-state index contributed by atoms with van der Waals surface area (Å²) in [4.78, 5) is 40.0. The zero-order valence-corrected chi connectivity index (χ0v) is 15.9. The summed E-state index contributed by atoms with van der Waals surface area (Å²) in [6.07, 6.45) is 0. The Morgan fingerprint density at radius 3 is 2.21 bits per heavy atom. The summed E-state index contributed by atoms with van der Waals surface area (Å²) in [5.41, 5.74) is 2.38. The zero-order chi connectivity index (χ0) is 20.4. The minimum atomic E-state index is -0.442. The van der Waals surface area contributed by atoms with E-state index in [-0.39, 0.29) is 17.3 Å². The number of rotatable bonds is 4. The number of hydrogen-bond acceptors (Lipinski definition) is 7. The number of nitrogens with one attached hydrogen (secondary N) is 1. The van der Waals surface area contributed by atoms with Crippen molar-refractivity contribution in [2.24, 2.45) is 0 Å². The molecule has 0 bridgehead atoms. The van der Waals surface area contributed by atoms with Crippen LogP contribution in [0, 0.1) is 0 Å². The number of hydrogen-bond donors (Lipinski definition) is 1. The number of esters is 1. The number of anilines is 1. The van der Waals surface area contributed by atoms with E-state index >= 15 is 0 Å². The van der Waals surface area contributed by atoms with Gasteiger partial charge >= 0.3 is 5.97 Å². The highest BCUT2D eigenvalue weighted by molar-refractivity contribution is 6.27. The minimum absolute atomic E-state index is 0.184. The standard InChI is InChI=1S/C22H20N2O5/c1-28-22(27)14-6-8-15(9-7-14)23-18-19(24-10-12-29-13-11-24)21(26)17-5-3-2-4-16(17)20(18)25/h2-9,23H,10-13H2,1H3. The Morgan fingerprint density at radius 2 is 1.59 bits per heavy atom. The van der Waals surface area contributed by atoms with Gasteiger partial charge in [0.15, 0.2) is 0 Å². The summed E-state index contributed by atoms with van der Waals surface area (Å²) < 4.78 is 10.1. The van der Waals surface area contributed by atoms with Crippen molar-refractivity contribution in [1.29, 1.82) is 0 Å². The van der Waals surface area contributed by atoms with Gasteiger partial charge in [0.05, 0.1) is 25.9 Å². The number of benzene rings is 2. The lowest BCUT2D eigenvalue weighted by Crippen LogP contribution is -2.42. The van der Waals surface area contributed by atoms with Crippen LogP contribution >= 0.6 is 0 Å². The van der Waals surface area contributed by atoms with E-state index in [1.807, 2.05) is 4.90 Å². The van der Waals surface area contributed by atoms with Gasteiger partial charge in [-0.15, -0.1) is 0 Å². The normalized spacial score (nSPS) is 16.5. The molecule has 0 radical (unpaired) electrons. The summed E-state index contributed by atoms with van der Waals surface area (Å²) in [7, 11) is 1.32. The largest absolute Gasteiger partial charge is 0.465 e. The van der Waals surface area contributed by atoms with Crippen molar-refractivity contribution in [3.63, 3.8) is 0 Å². The van der Waals surface area contributed by atoms with E-state index < -0.39 is 5.97 Å². The molecule has 1 fully saturated rings. The predicted molar refractivity (Wildman–Crippen MR) is 106 cm³/mol. The maximum absolute atomic E-state index is 13.3. The number of allylic oxidation sites excluding steroid dienone is 2. The van der Waals surface area contributed by atoms with E-state index in [0.29, 0.717) is 54.4 Å². The second kappa shape index (κ2) is 7.89. The summed E-state index contributed by atoms with van der Waals surface area (Å²) in [5, 5.41) is 3.11. The molecule has 0 atom stereocenters. The molecule has 2 aromatic carbocycles. The number of methoxy groups -OCH3 is 1. The number of Topliss-reactive ketones (excluding diaryl/α,β-unsaturated/α-hetero) is 2. The Kier molecular flexibility index (Phi) is 5.14. The molecule has 0 aromatic heterocycles. The first-order valence-corrected chi connectivity index (χ1v) is 9.31. The maximum atomic E-state index is 13.3. The smallest absolute Gasteiger partial charge is 0.337 e. The Bertz CT molecular complexity index is 1000. The van der Waals surface area contributed by atoms with Gasteiger partial charge < -0.3 is 19.7 Å².